The lowest BCUT2D eigenvalue weighted by molar-refractivity contribution is 0.128. The summed E-state index contributed by atoms with van der Waals surface area (Å²) < 4.78 is 32.4. The number of H-pyrrole nitrogens is 1. The van der Waals surface area contributed by atoms with Gasteiger partial charge in [-0.25, -0.2) is 9.18 Å². The topological polar surface area (TPSA) is 97.5 Å². The number of halogens is 1. The summed E-state index contributed by atoms with van der Waals surface area (Å²) >= 11 is 0. The van der Waals surface area contributed by atoms with Crippen LogP contribution in [0.15, 0.2) is 72.9 Å². The molecule has 40 heavy (non-hydrogen) atoms. The molecule has 0 aliphatic heterocycles. The van der Waals surface area contributed by atoms with Gasteiger partial charge in [0.1, 0.15) is 13.2 Å². The van der Waals surface area contributed by atoms with E-state index in [0.29, 0.717) is 33.8 Å². The largest absolute Gasteiger partial charge is 0.493 e. The highest BCUT2D eigenvalue weighted by Gasteiger charge is 2.45. The first-order chi connectivity index (χ1) is 19.4. The first kappa shape index (κ1) is 25.5. The third kappa shape index (κ3) is 5.22. The quantitative estimate of drug-likeness (QED) is 0.191. The summed E-state index contributed by atoms with van der Waals surface area (Å²) in [5.74, 6) is 0.673. The summed E-state index contributed by atoms with van der Waals surface area (Å²) in [6.45, 7) is 2.36. The number of pyridine rings is 1. The van der Waals surface area contributed by atoms with Crippen LogP contribution in [-0.4, -0.2) is 35.3 Å². The van der Waals surface area contributed by atoms with Crippen LogP contribution in [0.2, 0.25) is 0 Å². The van der Waals surface area contributed by atoms with Crippen LogP contribution >= 0.6 is 0 Å². The molecule has 2 heterocycles. The molecule has 1 aliphatic carbocycles. The first-order valence-corrected chi connectivity index (χ1v) is 13.1. The summed E-state index contributed by atoms with van der Waals surface area (Å²) in [6, 6.07) is 20.3. The predicted molar refractivity (Wildman–Crippen MR) is 152 cm³/mol. The van der Waals surface area contributed by atoms with Crippen molar-refractivity contribution in [3.8, 4) is 11.5 Å². The number of carbonyl (C=O) groups is 1. The number of rotatable bonds is 9. The van der Waals surface area contributed by atoms with Gasteiger partial charge >= 0.3 is 6.09 Å². The summed E-state index contributed by atoms with van der Waals surface area (Å²) in [5, 5.41) is 7.44. The zero-order valence-electron chi connectivity index (χ0n) is 22.2. The third-order valence-corrected chi connectivity index (χ3v) is 7.11. The zero-order chi connectivity index (χ0) is 27.7. The average Bonchev–Trinajstić information content (AvgIpc) is 3.62. The molecular formula is C31H29FN4O4. The molecule has 2 aromatic heterocycles. The highest BCUT2D eigenvalue weighted by Crippen LogP contribution is 2.40. The van der Waals surface area contributed by atoms with Gasteiger partial charge in [-0.05, 0) is 55.7 Å². The molecule has 0 atom stereocenters. The van der Waals surface area contributed by atoms with Gasteiger partial charge in [0, 0.05) is 39.9 Å². The van der Waals surface area contributed by atoms with E-state index in [1.165, 1.54) is 0 Å². The number of ether oxygens (including phenoxy) is 3. The van der Waals surface area contributed by atoms with E-state index in [9.17, 15) is 4.79 Å². The van der Waals surface area contributed by atoms with Crippen molar-refractivity contribution in [2.24, 2.45) is 0 Å². The number of hydrogen-bond acceptors (Lipinski definition) is 6. The summed E-state index contributed by atoms with van der Waals surface area (Å²) in [7, 11) is 1.56. The van der Waals surface area contributed by atoms with E-state index in [1.807, 2.05) is 49.4 Å². The molecule has 1 amide bonds. The van der Waals surface area contributed by atoms with E-state index in [2.05, 4.69) is 20.6 Å². The fourth-order valence-corrected chi connectivity index (χ4v) is 4.73. The number of amides is 1. The number of aromatic amines is 1. The van der Waals surface area contributed by atoms with Gasteiger partial charge in [-0.1, -0.05) is 30.3 Å². The molecule has 5 aromatic rings. The van der Waals surface area contributed by atoms with Gasteiger partial charge in [-0.2, -0.15) is 0 Å². The van der Waals surface area contributed by atoms with Gasteiger partial charge < -0.3 is 29.8 Å². The minimum absolute atomic E-state index is 0.201. The number of fused-ring (bicyclic) bond motifs is 2. The van der Waals surface area contributed by atoms with Gasteiger partial charge in [0.05, 0.1) is 23.9 Å². The van der Waals surface area contributed by atoms with Crippen molar-refractivity contribution in [3.63, 3.8) is 0 Å². The van der Waals surface area contributed by atoms with Gasteiger partial charge in [0.15, 0.2) is 17.3 Å². The van der Waals surface area contributed by atoms with Crippen LogP contribution in [0.1, 0.15) is 24.1 Å². The van der Waals surface area contributed by atoms with Crippen molar-refractivity contribution < 1.29 is 23.4 Å². The third-order valence-electron chi connectivity index (χ3n) is 7.11. The highest BCUT2D eigenvalue weighted by atomic mass is 19.1. The Morgan fingerprint density at radius 3 is 2.62 bits per heavy atom. The minimum atomic E-state index is -0.489. The molecule has 1 saturated carbocycles. The number of nitrogens with zero attached hydrogens (tertiary/aromatic N) is 1. The predicted octanol–water partition coefficient (Wildman–Crippen LogP) is 6.75. The molecule has 1 aliphatic rings. The molecular weight excluding hydrogens is 511 g/mol. The van der Waals surface area contributed by atoms with Crippen molar-refractivity contribution in [2.45, 2.75) is 31.9 Å². The van der Waals surface area contributed by atoms with E-state index in [4.69, 9.17) is 14.2 Å². The van der Waals surface area contributed by atoms with Gasteiger partial charge in [-0.15, -0.1) is 0 Å². The lowest BCUT2D eigenvalue weighted by Gasteiger charge is -2.20. The normalized spacial score (nSPS) is 13.7. The van der Waals surface area contributed by atoms with Crippen molar-refractivity contribution >= 4 is 39.3 Å². The van der Waals surface area contributed by atoms with Crippen LogP contribution in [0.3, 0.4) is 0 Å². The molecule has 0 spiro atoms. The second kappa shape index (κ2) is 10.4. The summed E-state index contributed by atoms with van der Waals surface area (Å²) in [5.41, 5.74) is 3.77. The average molecular weight is 541 g/mol. The number of benzene rings is 3. The Kier molecular flexibility index (Phi) is 6.63. The number of hydrogen-bond donors (Lipinski definition) is 3. The van der Waals surface area contributed by atoms with Gasteiger partial charge in [-0.3, -0.25) is 4.98 Å². The number of alkyl carbamates (subject to hydrolysis) is 1. The van der Waals surface area contributed by atoms with E-state index in [-0.39, 0.29) is 19.0 Å². The molecule has 3 aromatic carbocycles. The Balaban J connectivity index is 1.17. The molecule has 0 saturated heterocycles. The molecule has 0 bridgehead atoms. The molecule has 0 radical (unpaired) electrons. The maximum Gasteiger partial charge on any atom is 0.408 e. The fraction of sp³-hybridized carbons (Fsp3) is 0.226. The Morgan fingerprint density at radius 1 is 1.02 bits per heavy atom. The first-order valence-electron chi connectivity index (χ1n) is 13.1. The maximum absolute atomic E-state index is 15.2. The smallest absolute Gasteiger partial charge is 0.408 e. The molecule has 1 fully saturated rings. The Hall–Kier alpha value is -4.79. The second-order valence-corrected chi connectivity index (χ2v) is 10.1. The van der Waals surface area contributed by atoms with Crippen LogP contribution in [-0.2, 0) is 11.3 Å². The highest BCUT2D eigenvalue weighted by molar-refractivity contribution is 5.96. The van der Waals surface area contributed by atoms with Crippen LogP contribution in [0.4, 0.5) is 20.6 Å². The summed E-state index contributed by atoms with van der Waals surface area (Å²) in [4.78, 5) is 20.1. The maximum atomic E-state index is 15.2. The molecule has 0 unspecified atom stereocenters. The lowest BCUT2D eigenvalue weighted by atomic mass is 10.1. The number of methoxy groups -OCH3 is 1. The van der Waals surface area contributed by atoms with Gasteiger partial charge in [0.25, 0.3) is 0 Å². The molecule has 8 nitrogen and oxygen atoms in total. The fourth-order valence-electron chi connectivity index (χ4n) is 4.73. The SMILES string of the molecule is COc1cc2c(Nc3ccc4[nH]c(C)cc4c3F)ccnc2cc1OCC1(NC(=O)OCc2ccccc2)CC1. The number of anilines is 2. The molecule has 9 heteroatoms. The standard InChI is InChI=1S/C31H29FN4O4/c1-19-14-22-23(34-19)8-9-25(29(22)32)35-24-10-13-33-26-16-28(27(38-2)15-21(24)26)40-18-31(11-12-31)36-30(37)39-17-20-6-4-3-5-7-20/h3-10,13-16,34H,11-12,17-18H2,1-2H3,(H,33,35)(H,36,37). The van der Waals surface area contributed by atoms with Crippen LogP contribution in [0.5, 0.6) is 11.5 Å². The number of nitrogens with one attached hydrogen (secondary N) is 3. The van der Waals surface area contributed by atoms with Gasteiger partial charge in [0.2, 0.25) is 0 Å². The Labute approximate surface area is 230 Å². The van der Waals surface area contributed by atoms with Crippen molar-refractivity contribution in [3.05, 3.63) is 90.0 Å². The van der Waals surface area contributed by atoms with E-state index in [1.54, 1.807) is 37.6 Å². The minimum Gasteiger partial charge on any atom is -0.493 e. The molecule has 3 N–H and O–H groups in total. The van der Waals surface area contributed by atoms with E-state index in [0.717, 1.165) is 35.0 Å². The van der Waals surface area contributed by atoms with Crippen molar-refractivity contribution in [1.29, 1.82) is 0 Å². The number of aromatic nitrogens is 2. The van der Waals surface area contributed by atoms with Crippen LogP contribution in [0, 0.1) is 12.7 Å². The number of aryl methyl sites for hydroxylation is 1. The Morgan fingerprint density at radius 2 is 1.85 bits per heavy atom. The van der Waals surface area contributed by atoms with E-state index >= 15 is 4.39 Å². The second-order valence-electron chi connectivity index (χ2n) is 10.1. The monoisotopic (exact) mass is 540 g/mol. The molecule has 6 rings (SSSR count). The molecule has 204 valence electrons. The van der Waals surface area contributed by atoms with Crippen LogP contribution in [0.25, 0.3) is 21.8 Å². The van der Waals surface area contributed by atoms with E-state index < -0.39 is 11.6 Å². The van der Waals surface area contributed by atoms with Crippen LogP contribution < -0.4 is 20.1 Å². The van der Waals surface area contributed by atoms with Crippen molar-refractivity contribution in [2.75, 3.05) is 19.0 Å². The number of carbonyl (C=O) groups excluding carboxylic acids is 1. The van der Waals surface area contributed by atoms with Crippen molar-refractivity contribution in [1.82, 2.24) is 15.3 Å². The Bertz CT molecular complexity index is 1700. The summed E-state index contributed by atoms with van der Waals surface area (Å²) in [6.07, 6.45) is 2.75. The zero-order valence-corrected chi connectivity index (χ0v) is 22.2. The lowest BCUT2D eigenvalue weighted by Crippen LogP contribution is -2.41.